The van der Waals surface area contributed by atoms with Gasteiger partial charge in [-0.25, -0.2) is 4.98 Å². The monoisotopic (exact) mass is 382 g/mol. The van der Waals surface area contributed by atoms with Crippen LogP contribution in [0.3, 0.4) is 0 Å². The van der Waals surface area contributed by atoms with Crippen LogP contribution in [0.5, 0.6) is 11.5 Å². The zero-order valence-corrected chi connectivity index (χ0v) is 15.7. The third-order valence-electron chi connectivity index (χ3n) is 4.95. The molecule has 0 saturated carbocycles. The Morgan fingerprint density at radius 1 is 1.07 bits per heavy atom. The summed E-state index contributed by atoms with van der Waals surface area (Å²) in [5.41, 5.74) is 1.49. The van der Waals surface area contributed by atoms with Crippen molar-refractivity contribution in [2.24, 2.45) is 0 Å². The normalized spacial score (nSPS) is 15.5. The van der Waals surface area contributed by atoms with Gasteiger partial charge in [-0.05, 0) is 29.8 Å². The summed E-state index contributed by atoms with van der Waals surface area (Å²) < 4.78 is 10.7. The molecule has 2 aliphatic heterocycles. The lowest BCUT2D eigenvalue weighted by molar-refractivity contribution is -0.129. The van der Waals surface area contributed by atoms with E-state index >= 15 is 0 Å². The maximum Gasteiger partial charge on any atom is 0.251 e. The first-order chi connectivity index (χ1) is 13.6. The summed E-state index contributed by atoms with van der Waals surface area (Å²) in [5.74, 6) is 2.09. The van der Waals surface area contributed by atoms with Crippen LogP contribution in [-0.2, 0) is 11.3 Å². The number of amides is 2. The topological polar surface area (TPSA) is 84.0 Å². The van der Waals surface area contributed by atoms with Gasteiger partial charge in [-0.1, -0.05) is 6.07 Å². The number of aromatic nitrogens is 1. The third kappa shape index (κ3) is 3.85. The van der Waals surface area contributed by atoms with Crippen molar-refractivity contribution in [1.82, 2.24) is 15.2 Å². The number of benzene rings is 1. The maximum atomic E-state index is 12.6. The number of rotatable bonds is 4. The molecular weight excluding hydrogens is 360 g/mol. The van der Waals surface area contributed by atoms with E-state index < -0.39 is 0 Å². The van der Waals surface area contributed by atoms with Crippen molar-refractivity contribution in [3.8, 4) is 11.5 Å². The molecule has 8 nitrogen and oxygen atoms in total. The van der Waals surface area contributed by atoms with E-state index in [1.54, 1.807) is 25.3 Å². The molecule has 2 amide bonds. The van der Waals surface area contributed by atoms with Crippen molar-refractivity contribution in [2.75, 3.05) is 37.9 Å². The zero-order chi connectivity index (χ0) is 19.5. The van der Waals surface area contributed by atoms with Gasteiger partial charge in [0.2, 0.25) is 12.7 Å². The molecule has 1 fully saturated rings. The SMILES string of the molecule is CC(=O)N1CCN(c2cc(C(=O)NCc3ccc4c(c3)OCO4)ccn2)CC1. The molecule has 1 saturated heterocycles. The summed E-state index contributed by atoms with van der Waals surface area (Å²) >= 11 is 0. The van der Waals surface area contributed by atoms with Crippen LogP contribution >= 0.6 is 0 Å². The summed E-state index contributed by atoms with van der Waals surface area (Å²) in [7, 11) is 0. The molecule has 8 heteroatoms. The fourth-order valence-corrected chi connectivity index (χ4v) is 3.32. The molecule has 1 N–H and O–H groups in total. The minimum absolute atomic E-state index is 0.0873. The van der Waals surface area contributed by atoms with Gasteiger partial charge in [-0.3, -0.25) is 9.59 Å². The molecule has 0 unspecified atom stereocenters. The number of carbonyl (C=O) groups is 2. The molecule has 2 aromatic rings. The molecule has 1 aromatic heterocycles. The molecule has 3 heterocycles. The lowest BCUT2D eigenvalue weighted by atomic mass is 10.2. The van der Waals surface area contributed by atoms with E-state index in [0.717, 1.165) is 17.1 Å². The Morgan fingerprint density at radius 2 is 1.86 bits per heavy atom. The fourth-order valence-electron chi connectivity index (χ4n) is 3.32. The van der Waals surface area contributed by atoms with Gasteiger partial charge in [-0.15, -0.1) is 0 Å². The molecule has 4 rings (SSSR count). The maximum absolute atomic E-state index is 12.6. The van der Waals surface area contributed by atoms with Gasteiger partial charge in [0.15, 0.2) is 11.5 Å². The van der Waals surface area contributed by atoms with Gasteiger partial charge >= 0.3 is 0 Å². The number of pyridine rings is 1. The summed E-state index contributed by atoms with van der Waals surface area (Å²) in [5, 5.41) is 2.92. The van der Waals surface area contributed by atoms with E-state index in [-0.39, 0.29) is 18.6 Å². The van der Waals surface area contributed by atoms with Crippen LogP contribution in [0.25, 0.3) is 0 Å². The molecule has 146 valence electrons. The van der Waals surface area contributed by atoms with Gasteiger partial charge in [0, 0.05) is 51.4 Å². The van der Waals surface area contributed by atoms with Crippen molar-refractivity contribution < 1.29 is 19.1 Å². The minimum atomic E-state index is -0.163. The van der Waals surface area contributed by atoms with Crippen molar-refractivity contribution in [3.05, 3.63) is 47.7 Å². The summed E-state index contributed by atoms with van der Waals surface area (Å²) in [6, 6.07) is 9.10. The van der Waals surface area contributed by atoms with Gasteiger partial charge < -0.3 is 24.6 Å². The number of anilines is 1. The minimum Gasteiger partial charge on any atom is -0.454 e. The Balaban J connectivity index is 1.37. The van der Waals surface area contributed by atoms with Gasteiger partial charge in [-0.2, -0.15) is 0 Å². The summed E-state index contributed by atoms with van der Waals surface area (Å²) in [6.45, 7) is 4.94. The highest BCUT2D eigenvalue weighted by Gasteiger charge is 2.20. The van der Waals surface area contributed by atoms with E-state index in [1.165, 1.54) is 0 Å². The number of hydrogen-bond acceptors (Lipinski definition) is 6. The van der Waals surface area contributed by atoms with Crippen LogP contribution < -0.4 is 19.7 Å². The number of piperazine rings is 1. The van der Waals surface area contributed by atoms with E-state index in [4.69, 9.17) is 9.47 Å². The number of nitrogens with zero attached hydrogens (tertiary/aromatic N) is 3. The third-order valence-corrected chi connectivity index (χ3v) is 4.95. The van der Waals surface area contributed by atoms with Gasteiger partial charge in [0.25, 0.3) is 5.91 Å². The Morgan fingerprint density at radius 3 is 2.64 bits per heavy atom. The van der Waals surface area contributed by atoms with Crippen LogP contribution in [-0.4, -0.2) is 54.7 Å². The van der Waals surface area contributed by atoms with E-state index in [1.807, 2.05) is 23.1 Å². The molecule has 2 aliphatic rings. The molecule has 0 spiro atoms. The van der Waals surface area contributed by atoms with Crippen molar-refractivity contribution >= 4 is 17.6 Å². The predicted octanol–water partition coefficient (Wildman–Crippen LogP) is 1.41. The highest BCUT2D eigenvalue weighted by atomic mass is 16.7. The van der Waals surface area contributed by atoms with Crippen LogP contribution in [0.15, 0.2) is 36.5 Å². The molecule has 0 aliphatic carbocycles. The van der Waals surface area contributed by atoms with E-state index in [9.17, 15) is 9.59 Å². The van der Waals surface area contributed by atoms with Crippen LogP contribution in [0.1, 0.15) is 22.8 Å². The lowest BCUT2D eigenvalue weighted by Crippen LogP contribution is -2.48. The van der Waals surface area contributed by atoms with E-state index in [2.05, 4.69) is 15.2 Å². The van der Waals surface area contributed by atoms with Crippen LogP contribution in [0, 0.1) is 0 Å². The van der Waals surface area contributed by atoms with Crippen molar-refractivity contribution in [3.63, 3.8) is 0 Å². The first-order valence-corrected chi connectivity index (χ1v) is 9.23. The zero-order valence-electron chi connectivity index (χ0n) is 15.7. The van der Waals surface area contributed by atoms with Crippen LogP contribution in [0.4, 0.5) is 5.82 Å². The Hall–Kier alpha value is -3.29. The van der Waals surface area contributed by atoms with E-state index in [0.29, 0.717) is 44.0 Å². The molecule has 0 atom stereocenters. The second kappa shape index (κ2) is 7.75. The second-order valence-electron chi connectivity index (χ2n) is 6.77. The van der Waals surface area contributed by atoms with Crippen molar-refractivity contribution in [1.29, 1.82) is 0 Å². The van der Waals surface area contributed by atoms with Crippen molar-refractivity contribution in [2.45, 2.75) is 13.5 Å². The molecule has 0 radical (unpaired) electrons. The molecular formula is C20H22N4O4. The highest BCUT2D eigenvalue weighted by molar-refractivity contribution is 5.94. The van der Waals surface area contributed by atoms with Gasteiger partial charge in [0.05, 0.1) is 0 Å². The average molecular weight is 382 g/mol. The van der Waals surface area contributed by atoms with Crippen LogP contribution in [0.2, 0.25) is 0 Å². The van der Waals surface area contributed by atoms with Gasteiger partial charge in [0.1, 0.15) is 5.82 Å². The number of fused-ring (bicyclic) bond motifs is 1. The Bertz CT molecular complexity index is 894. The first kappa shape index (κ1) is 18.1. The smallest absolute Gasteiger partial charge is 0.251 e. The standard InChI is InChI=1S/C20H22N4O4/c1-14(25)23-6-8-24(9-7-23)19-11-16(4-5-21-19)20(26)22-12-15-2-3-17-18(10-15)28-13-27-17/h2-5,10-11H,6-9,12-13H2,1H3,(H,22,26). The molecule has 1 aromatic carbocycles. The fraction of sp³-hybridized carbons (Fsp3) is 0.350. The average Bonchev–Trinajstić information content (AvgIpc) is 3.20. The largest absolute Gasteiger partial charge is 0.454 e. The lowest BCUT2D eigenvalue weighted by Gasteiger charge is -2.35. The number of ether oxygens (including phenoxy) is 2. The number of carbonyl (C=O) groups excluding carboxylic acids is 2. The Labute approximate surface area is 163 Å². The highest BCUT2D eigenvalue weighted by Crippen LogP contribution is 2.32. The summed E-state index contributed by atoms with van der Waals surface area (Å²) in [4.78, 5) is 32.3. The second-order valence-corrected chi connectivity index (χ2v) is 6.77. The number of nitrogens with one attached hydrogen (secondary N) is 1. The first-order valence-electron chi connectivity index (χ1n) is 9.23. The number of hydrogen-bond donors (Lipinski definition) is 1. The Kier molecular flexibility index (Phi) is 5.01. The molecule has 0 bridgehead atoms. The summed E-state index contributed by atoms with van der Waals surface area (Å²) in [6.07, 6.45) is 1.64. The predicted molar refractivity (Wildman–Crippen MR) is 102 cm³/mol. The molecule has 28 heavy (non-hydrogen) atoms. The quantitative estimate of drug-likeness (QED) is 0.861.